The van der Waals surface area contributed by atoms with Gasteiger partial charge in [0.05, 0.1) is 4.90 Å². The lowest BCUT2D eigenvalue weighted by Gasteiger charge is -2.32. The molecule has 0 spiro atoms. The third-order valence-electron chi connectivity index (χ3n) is 4.99. The van der Waals surface area contributed by atoms with E-state index in [1.807, 2.05) is 25.1 Å². The van der Waals surface area contributed by atoms with Gasteiger partial charge in [-0.25, -0.2) is 8.42 Å². The first-order chi connectivity index (χ1) is 13.7. The molecule has 1 aliphatic heterocycles. The predicted molar refractivity (Wildman–Crippen MR) is 114 cm³/mol. The quantitative estimate of drug-likeness (QED) is 0.626. The van der Waals surface area contributed by atoms with E-state index in [0.717, 1.165) is 10.0 Å². The highest BCUT2D eigenvalue weighted by Crippen LogP contribution is 2.35. The number of rotatable bonds is 6. The Labute approximate surface area is 179 Å². The van der Waals surface area contributed by atoms with Gasteiger partial charge in [-0.3, -0.25) is 4.79 Å². The van der Waals surface area contributed by atoms with Crippen LogP contribution in [0.25, 0.3) is 0 Å². The first-order valence-corrected chi connectivity index (χ1v) is 11.6. The van der Waals surface area contributed by atoms with Crippen molar-refractivity contribution in [2.24, 2.45) is 0 Å². The van der Waals surface area contributed by atoms with Gasteiger partial charge in [-0.05, 0) is 51.1 Å². The van der Waals surface area contributed by atoms with Crippen LogP contribution in [0.4, 0.5) is 0 Å². The normalized spacial score (nSPS) is 13.8. The zero-order valence-electron chi connectivity index (χ0n) is 16.6. The van der Waals surface area contributed by atoms with Crippen molar-refractivity contribution >= 4 is 31.7 Å². The second-order valence-electron chi connectivity index (χ2n) is 7.23. The number of ether oxygens (including phenoxy) is 2. The second-order valence-corrected chi connectivity index (χ2v) is 10.6. The number of hydrogen-bond acceptors (Lipinski definition) is 5. The summed E-state index contributed by atoms with van der Waals surface area (Å²) in [5.74, 6) is 0.787. The number of carbonyl (C=O) groups excluding carboxylic acids is 1. The highest BCUT2D eigenvalue weighted by Gasteiger charge is 2.45. The van der Waals surface area contributed by atoms with Crippen molar-refractivity contribution in [3.05, 3.63) is 52.5 Å². The molecule has 0 bridgehead atoms. The van der Waals surface area contributed by atoms with Crippen LogP contribution in [-0.4, -0.2) is 43.7 Å². The van der Waals surface area contributed by atoms with Crippen molar-refractivity contribution in [2.45, 2.75) is 37.0 Å². The van der Waals surface area contributed by atoms with E-state index >= 15 is 0 Å². The first-order valence-electron chi connectivity index (χ1n) is 9.35. The molecule has 0 unspecified atom stereocenters. The van der Waals surface area contributed by atoms with Gasteiger partial charge >= 0.3 is 0 Å². The highest BCUT2D eigenvalue weighted by atomic mass is 79.9. The minimum Gasteiger partial charge on any atom is -0.486 e. The smallest absolute Gasteiger partial charge is 0.244 e. The van der Waals surface area contributed by atoms with Crippen LogP contribution in [0.5, 0.6) is 11.5 Å². The van der Waals surface area contributed by atoms with Gasteiger partial charge < -0.3 is 14.4 Å². The molecule has 3 rings (SSSR count). The van der Waals surface area contributed by atoms with Gasteiger partial charge in [0.1, 0.15) is 18.0 Å². The summed E-state index contributed by atoms with van der Waals surface area (Å²) >= 11 is 3.30. The van der Waals surface area contributed by atoms with Crippen molar-refractivity contribution in [3.8, 4) is 11.5 Å². The molecule has 1 amide bonds. The molecule has 0 atom stereocenters. The average Bonchev–Trinajstić information content (AvgIpc) is 2.71. The molecule has 6 nitrogen and oxygen atoms in total. The van der Waals surface area contributed by atoms with Crippen LogP contribution in [0.1, 0.15) is 26.3 Å². The molecule has 2 aromatic carbocycles. The fraction of sp³-hybridized carbons (Fsp3) is 0.381. The minimum atomic E-state index is -3.89. The summed E-state index contributed by atoms with van der Waals surface area (Å²) in [7, 11) is -3.89. The number of para-hydroxylation sites is 1. The Kier molecular flexibility index (Phi) is 6.24. The molecular weight excluding hydrogens is 458 g/mol. The van der Waals surface area contributed by atoms with Crippen molar-refractivity contribution in [2.75, 3.05) is 19.8 Å². The van der Waals surface area contributed by atoms with Crippen LogP contribution < -0.4 is 9.47 Å². The third-order valence-corrected chi connectivity index (χ3v) is 7.93. The van der Waals surface area contributed by atoms with Crippen LogP contribution in [0.3, 0.4) is 0 Å². The van der Waals surface area contributed by atoms with Crippen molar-refractivity contribution in [1.82, 2.24) is 4.90 Å². The summed E-state index contributed by atoms with van der Waals surface area (Å²) in [4.78, 5) is 15.0. The molecular formula is C21H24BrNO5S. The van der Waals surface area contributed by atoms with E-state index in [4.69, 9.17) is 9.47 Å². The lowest BCUT2D eigenvalue weighted by atomic mass is 10.1. The lowest BCUT2D eigenvalue weighted by molar-refractivity contribution is -0.133. The summed E-state index contributed by atoms with van der Waals surface area (Å²) in [5, 5.41) is 0. The second kappa shape index (κ2) is 8.36. The van der Waals surface area contributed by atoms with Crippen molar-refractivity contribution in [1.29, 1.82) is 0 Å². The molecule has 1 aliphatic rings. The maximum Gasteiger partial charge on any atom is 0.244 e. The average molecular weight is 482 g/mol. The number of sulfone groups is 1. The molecule has 1 heterocycles. The van der Waals surface area contributed by atoms with Crippen LogP contribution in [0, 0.1) is 0 Å². The van der Waals surface area contributed by atoms with E-state index < -0.39 is 20.5 Å². The first kappa shape index (κ1) is 21.6. The van der Waals surface area contributed by atoms with Crippen LogP contribution in [-0.2, 0) is 21.2 Å². The number of fused-ring (bicyclic) bond motifs is 1. The van der Waals surface area contributed by atoms with Gasteiger partial charge in [0.25, 0.3) is 0 Å². The molecule has 2 aromatic rings. The number of nitrogens with zero attached hydrogens (tertiary/aromatic N) is 1. The van der Waals surface area contributed by atoms with Gasteiger partial charge in [0.2, 0.25) is 5.91 Å². The molecule has 0 radical (unpaired) electrons. The summed E-state index contributed by atoms with van der Waals surface area (Å²) in [5.41, 5.74) is 0.786. The van der Waals surface area contributed by atoms with Gasteiger partial charge in [-0.1, -0.05) is 28.1 Å². The van der Waals surface area contributed by atoms with E-state index in [1.54, 1.807) is 12.1 Å². The molecule has 0 aliphatic carbocycles. The Morgan fingerprint density at radius 1 is 1.10 bits per heavy atom. The lowest BCUT2D eigenvalue weighted by Crippen LogP contribution is -2.49. The fourth-order valence-corrected chi connectivity index (χ4v) is 4.90. The number of hydrogen-bond donors (Lipinski definition) is 0. The minimum absolute atomic E-state index is 0.115. The Morgan fingerprint density at radius 3 is 2.41 bits per heavy atom. The van der Waals surface area contributed by atoms with E-state index in [2.05, 4.69) is 15.9 Å². The zero-order valence-corrected chi connectivity index (χ0v) is 19.0. The molecule has 0 aromatic heterocycles. The topological polar surface area (TPSA) is 72.9 Å². The molecule has 29 heavy (non-hydrogen) atoms. The van der Waals surface area contributed by atoms with Gasteiger partial charge in [-0.2, -0.15) is 0 Å². The molecule has 8 heteroatoms. The van der Waals surface area contributed by atoms with E-state index in [1.165, 1.54) is 30.9 Å². The van der Waals surface area contributed by atoms with Crippen molar-refractivity contribution in [3.63, 3.8) is 0 Å². The van der Waals surface area contributed by atoms with Gasteiger partial charge in [0.15, 0.2) is 21.3 Å². The molecule has 0 saturated heterocycles. The molecule has 0 saturated carbocycles. The van der Waals surface area contributed by atoms with Gasteiger partial charge in [-0.15, -0.1) is 0 Å². The van der Waals surface area contributed by atoms with Crippen LogP contribution in [0.15, 0.2) is 51.8 Å². The molecule has 0 fully saturated rings. The summed E-state index contributed by atoms with van der Waals surface area (Å²) < 4.78 is 36.9. The molecule has 156 valence electrons. The van der Waals surface area contributed by atoms with E-state index in [9.17, 15) is 13.2 Å². The summed E-state index contributed by atoms with van der Waals surface area (Å²) in [6.45, 7) is 6.25. The maximum absolute atomic E-state index is 13.3. The molecule has 0 N–H and O–H groups in total. The predicted octanol–water partition coefficient (Wildman–Crippen LogP) is 3.82. The van der Waals surface area contributed by atoms with Crippen LogP contribution in [0.2, 0.25) is 0 Å². The third kappa shape index (κ3) is 4.14. The number of amides is 1. The highest BCUT2D eigenvalue weighted by molar-refractivity contribution is 9.10. The SMILES string of the molecule is CCN(Cc1cccc2c1OCCO2)C(=O)C(C)(C)S(=O)(=O)c1ccc(Br)cc1. The number of carbonyl (C=O) groups is 1. The van der Waals surface area contributed by atoms with E-state index in [0.29, 0.717) is 31.3 Å². The summed E-state index contributed by atoms with van der Waals surface area (Å²) in [6.07, 6.45) is 0. The Morgan fingerprint density at radius 2 is 1.76 bits per heavy atom. The fourth-order valence-electron chi connectivity index (χ4n) is 3.20. The Bertz CT molecular complexity index is 1000. The largest absolute Gasteiger partial charge is 0.486 e. The van der Waals surface area contributed by atoms with Crippen molar-refractivity contribution < 1.29 is 22.7 Å². The van der Waals surface area contributed by atoms with Crippen LogP contribution >= 0.6 is 15.9 Å². The number of benzene rings is 2. The Balaban J connectivity index is 1.89. The number of halogens is 1. The van der Waals surface area contributed by atoms with Gasteiger partial charge in [0, 0.05) is 23.1 Å². The standard InChI is InChI=1S/C21H24BrNO5S/c1-4-23(14-15-6-5-7-18-19(15)28-13-12-27-18)20(24)21(2,3)29(25,26)17-10-8-16(22)9-11-17/h5-11H,4,12-14H2,1-3H3. The monoisotopic (exact) mass is 481 g/mol. The zero-order chi connectivity index (χ0) is 21.2. The summed E-state index contributed by atoms with van der Waals surface area (Å²) in [6, 6.07) is 11.8. The Hall–Kier alpha value is -2.06. The maximum atomic E-state index is 13.3. The van der Waals surface area contributed by atoms with E-state index in [-0.39, 0.29) is 11.4 Å².